The Kier molecular flexibility index (Phi) is 4.09. The van der Waals surface area contributed by atoms with Gasteiger partial charge in [0.25, 0.3) is 15.9 Å². The quantitative estimate of drug-likeness (QED) is 0.856. The van der Waals surface area contributed by atoms with Gasteiger partial charge in [-0.2, -0.15) is 0 Å². The van der Waals surface area contributed by atoms with Crippen LogP contribution in [0.25, 0.3) is 0 Å². The molecule has 1 heterocycles. The average molecular weight is 344 g/mol. The summed E-state index contributed by atoms with van der Waals surface area (Å²) in [6.07, 6.45) is 0. The van der Waals surface area contributed by atoms with E-state index in [1.165, 1.54) is 6.07 Å². The molecular weight excluding hydrogens is 324 g/mol. The highest BCUT2D eigenvalue weighted by Gasteiger charge is 2.41. The molecule has 24 heavy (non-hydrogen) atoms. The number of anilines is 1. The summed E-state index contributed by atoms with van der Waals surface area (Å²) in [4.78, 5) is 14.6. The minimum atomic E-state index is -3.75. The molecule has 1 aliphatic rings. The van der Waals surface area contributed by atoms with Crippen LogP contribution >= 0.6 is 0 Å². The van der Waals surface area contributed by atoms with Crippen LogP contribution < -0.4 is 4.90 Å². The number of amides is 1. The van der Waals surface area contributed by atoms with Gasteiger partial charge in [-0.05, 0) is 35.7 Å². The van der Waals surface area contributed by atoms with E-state index in [1.54, 1.807) is 18.2 Å². The van der Waals surface area contributed by atoms with E-state index < -0.39 is 15.9 Å². The predicted molar refractivity (Wildman–Crippen MR) is 93.8 cm³/mol. The second kappa shape index (κ2) is 5.94. The van der Waals surface area contributed by atoms with Gasteiger partial charge in [0.1, 0.15) is 4.90 Å². The van der Waals surface area contributed by atoms with Crippen LogP contribution in [-0.2, 0) is 10.0 Å². The first-order valence-corrected chi connectivity index (χ1v) is 9.20. The van der Waals surface area contributed by atoms with Crippen molar-refractivity contribution in [3.05, 3.63) is 59.7 Å². The third-order valence-corrected chi connectivity index (χ3v) is 6.11. The fourth-order valence-electron chi connectivity index (χ4n) is 2.88. The minimum Gasteiger partial charge on any atom is -0.378 e. The van der Waals surface area contributed by atoms with Crippen molar-refractivity contribution in [2.24, 2.45) is 0 Å². The number of rotatable bonds is 4. The van der Waals surface area contributed by atoms with E-state index in [4.69, 9.17) is 0 Å². The summed E-state index contributed by atoms with van der Waals surface area (Å²) in [7, 11) is 0.155. The van der Waals surface area contributed by atoms with E-state index in [1.807, 2.05) is 50.2 Å². The van der Waals surface area contributed by atoms with E-state index in [9.17, 15) is 13.2 Å². The van der Waals surface area contributed by atoms with E-state index in [-0.39, 0.29) is 22.9 Å². The number of carbonyl (C=O) groups excluding carboxylic acids is 1. The van der Waals surface area contributed by atoms with Gasteiger partial charge in [-0.15, -0.1) is 0 Å². The Bertz CT molecular complexity index is 891. The normalized spacial score (nSPS) is 16.8. The maximum absolute atomic E-state index is 12.6. The first kappa shape index (κ1) is 16.5. The molecule has 0 radical (unpaired) electrons. The van der Waals surface area contributed by atoms with Gasteiger partial charge in [0.05, 0.1) is 5.56 Å². The van der Waals surface area contributed by atoms with Crippen LogP contribution in [0.2, 0.25) is 0 Å². The molecule has 0 bridgehead atoms. The van der Waals surface area contributed by atoms with Crippen LogP contribution in [0.15, 0.2) is 53.4 Å². The van der Waals surface area contributed by atoms with Crippen LogP contribution in [0.4, 0.5) is 5.69 Å². The van der Waals surface area contributed by atoms with Gasteiger partial charge in [0, 0.05) is 26.3 Å². The van der Waals surface area contributed by atoms with Crippen molar-refractivity contribution >= 4 is 21.6 Å². The summed E-state index contributed by atoms with van der Waals surface area (Å²) < 4.78 is 26.3. The van der Waals surface area contributed by atoms with E-state index >= 15 is 0 Å². The fourth-order valence-corrected chi connectivity index (χ4v) is 4.53. The lowest BCUT2D eigenvalue weighted by atomic mass is 10.0. The number of nitrogens with zero attached hydrogens (tertiary/aromatic N) is 2. The van der Waals surface area contributed by atoms with Gasteiger partial charge in [-0.25, -0.2) is 12.7 Å². The maximum atomic E-state index is 12.6. The number of sulfonamides is 1. The molecule has 1 atom stereocenters. The van der Waals surface area contributed by atoms with Crippen LogP contribution in [0, 0.1) is 0 Å². The lowest BCUT2D eigenvalue weighted by Crippen LogP contribution is -2.33. The molecule has 5 nitrogen and oxygen atoms in total. The molecule has 0 N–H and O–H groups in total. The molecule has 0 spiro atoms. The van der Waals surface area contributed by atoms with Crippen molar-refractivity contribution in [1.82, 2.24) is 4.31 Å². The van der Waals surface area contributed by atoms with Gasteiger partial charge < -0.3 is 4.90 Å². The lowest BCUT2D eigenvalue weighted by molar-refractivity contribution is 0.0867. The van der Waals surface area contributed by atoms with Crippen LogP contribution in [0.1, 0.15) is 28.8 Å². The number of benzene rings is 2. The van der Waals surface area contributed by atoms with Crippen molar-refractivity contribution in [3.8, 4) is 0 Å². The monoisotopic (exact) mass is 344 g/mol. The van der Waals surface area contributed by atoms with Crippen molar-refractivity contribution in [2.45, 2.75) is 17.7 Å². The minimum absolute atomic E-state index is 0.0991. The maximum Gasteiger partial charge on any atom is 0.269 e. The third-order valence-electron chi connectivity index (χ3n) is 4.31. The molecular formula is C18H20N2O3S. The number of carbonyl (C=O) groups is 1. The van der Waals surface area contributed by atoms with E-state index in [0.717, 1.165) is 15.6 Å². The highest BCUT2D eigenvalue weighted by Crippen LogP contribution is 2.32. The molecule has 0 fully saturated rings. The van der Waals surface area contributed by atoms with Crippen molar-refractivity contribution < 1.29 is 13.2 Å². The average Bonchev–Trinajstić information content (AvgIpc) is 2.76. The number of fused-ring (bicyclic) bond motifs is 1. The molecule has 0 aromatic heterocycles. The molecule has 2 aromatic rings. The lowest BCUT2D eigenvalue weighted by Gasteiger charge is -2.21. The van der Waals surface area contributed by atoms with Crippen LogP contribution in [0.3, 0.4) is 0 Å². The highest BCUT2D eigenvalue weighted by atomic mass is 32.2. The summed E-state index contributed by atoms with van der Waals surface area (Å²) in [6.45, 7) is 2.06. The zero-order valence-corrected chi connectivity index (χ0v) is 14.7. The molecule has 1 aliphatic heterocycles. The first-order valence-electron chi connectivity index (χ1n) is 7.76. The first-order chi connectivity index (χ1) is 11.3. The summed E-state index contributed by atoms with van der Waals surface area (Å²) >= 11 is 0. The fraction of sp³-hybridized carbons (Fsp3) is 0.278. The predicted octanol–water partition coefficient (Wildman–Crippen LogP) is 2.70. The molecule has 0 aliphatic carbocycles. The van der Waals surface area contributed by atoms with Gasteiger partial charge in [0.15, 0.2) is 0 Å². The summed E-state index contributed by atoms with van der Waals surface area (Å²) in [5, 5.41) is 0. The van der Waals surface area contributed by atoms with Crippen molar-refractivity contribution in [2.75, 3.05) is 25.5 Å². The Labute approximate surface area is 142 Å². The third kappa shape index (κ3) is 2.67. The standard InChI is InChI=1S/C18H20N2O3S/c1-13(14-7-6-8-15(11-14)19(2)3)12-20-18(21)16-9-4-5-10-17(16)24(20,22)23/h4-11,13H,12H2,1-3H3. The second-order valence-electron chi connectivity index (χ2n) is 6.23. The summed E-state index contributed by atoms with van der Waals surface area (Å²) in [6, 6.07) is 14.3. The SMILES string of the molecule is CC(CN1C(=O)c2ccccc2S1(=O)=O)c1cccc(N(C)C)c1. The Morgan fingerprint density at radius 1 is 1.08 bits per heavy atom. The number of hydrogen-bond acceptors (Lipinski definition) is 4. The van der Waals surface area contributed by atoms with Crippen molar-refractivity contribution in [3.63, 3.8) is 0 Å². The highest BCUT2D eigenvalue weighted by molar-refractivity contribution is 7.90. The molecule has 126 valence electrons. The molecule has 1 amide bonds. The van der Waals surface area contributed by atoms with Gasteiger partial charge in [-0.3, -0.25) is 4.79 Å². The zero-order valence-electron chi connectivity index (χ0n) is 13.9. The largest absolute Gasteiger partial charge is 0.378 e. The summed E-state index contributed by atoms with van der Waals surface area (Å²) in [5.74, 6) is -0.542. The smallest absolute Gasteiger partial charge is 0.269 e. The van der Waals surface area contributed by atoms with E-state index in [2.05, 4.69) is 0 Å². The Morgan fingerprint density at radius 3 is 2.46 bits per heavy atom. The Balaban J connectivity index is 1.89. The van der Waals surface area contributed by atoms with E-state index in [0.29, 0.717) is 0 Å². The molecule has 6 heteroatoms. The topological polar surface area (TPSA) is 57.7 Å². The molecule has 3 rings (SSSR count). The molecule has 0 saturated carbocycles. The molecule has 2 aromatic carbocycles. The van der Waals surface area contributed by atoms with Crippen molar-refractivity contribution in [1.29, 1.82) is 0 Å². The number of hydrogen-bond donors (Lipinski definition) is 0. The van der Waals surface area contributed by atoms with Crippen LogP contribution in [0.5, 0.6) is 0 Å². The Hall–Kier alpha value is -2.34. The molecule has 0 saturated heterocycles. The molecule has 1 unspecified atom stereocenters. The van der Waals surface area contributed by atoms with Gasteiger partial charge >= 0.3 is 0 Å². The summed E-state index contributed by atoms with van der Waals surface area (Å²) in [5.41, 5.74) is 2.30. The van der Waals surface area contributed by atoms with Crippen LogP contribution in [-0.4, -0.2) is 39.3 Å². The second-order valence-corrected chi connectivity index (χ2v) is 8.06. The van der Waals surface area contributed by atoms with Gasteiger partial charge in [-0.1, -0.05) is 31.2 Å². The van der Waals surface area contributed by atoms with Gasteiger partial charge in [0.2, 0.25) is 0 Å². The Morgan fingerprint density at radius 2 is 1.79 bits per heavy atom. The zero-order chi connectivity index (χ0) is 17.5.